The summed E-state index contributed by atoms with van der Waals surface area (Å²) in [6.45, 7) is 2.84. The highest BCUT2D eigenvalue weighted by Crippen LogP contribution is 2.36. The van der Waals surface area contributed by atoms with Crippen LogP contribution in [0.25, 0.3) is 0 Å². The number of rotatable bonds is 9. The molecule has 1 aromatic rings. The number of carbonyl (C=O) groups is 1. The van der Waals surface area contributed by atoms with Gasteiger partial charge >= 0.3 is 0 Å². The molecule has 1 saturated carbocycles. The zero-order valence-corrected chi connectivity index (χ0v) is 12.5. The van der Waals surface area contributed by atoms with Gasteiger partial charge in [-0.3, -0.25) is 4.79 Å². The van der Waals surface area contributed by atoms with Crippen LogP contribution in [-0.4, -0.2) is 50.1 Å². The molecule has 7 nitrogen and oxygen atoms in total. The fourth-order valence-electron chi connectivity index (χ4n) is 1.90. The Balaban J connectivity index is 1.70. The number of tetrazole rings is 1. The average molecular weight is 299 g/mol. The number of amides is 1. The molecule has 20 heavy (non-hydrogen) atoms. The van der Waals surface area contributed by atoms with Crippen LogP contribution in [0.5, 0.6) is 0 Å². The topological polar surface area (TPSA) is 92.9 Å². The summed E-state index contributed by atoms with van der Waals surface area (Å²) in [6, 6.07) is 0.421. The maximum atomic E-state index is 11.8. The van der Waals surface area contributed by atoms with Gasteiger partial charge in [-0.25, -0.2) is 4.68 Å². The molecule has 0 aliphatic heterocycles. The van der Waals surface area contributed by atoms with E-state index in [-0.39, 0.29) is 12.5 Å². The first-order valence-electron chi connectivity index (χ1n) is 7.02. The molecule has 0 saturated heterocycles. The minimum Gasteiger partial charge on any atom is -0.396 e. The van der Waals surface area contributed by atoms with Gasteiger partial charge in [0.15, 0.2) is 0 Å². The Morgan fingerprint density at radius 2 is 2.40 bits per heavy atom. The molecule has 8 heteroatoms. The molecular weight excluding hydrogens is 278 g/mol. The lowest BCUT2D eigenvalue weighted by Gasteiger charge is -2.14. The molecule has 1 fully saturated rings. The third-order valence-electron chi connectivity index (χ3n) is 3.39. The Morgan fingerprint density at radius 3 is 3.05 bits per heavy atom. The van der Waals surface area contributed by atoms with Gasteiger partial charge in [0.05, 0.1) is 11.8 Å². The molecule has 112 valence electrons. The van der Waals surface area contributed by atoms with Crippen molar-refractivity contribution in [2.24, 2.45) is 5.92 Å². The van der Waals surface area contributed by atoms with Gasteiger partial charge in [-0.2, -0.15) is 0 Å². The standard InChI is InChI=1S/C12H21N5O2S/c1-2-9(5-6-18)7-13-11(19)8-20-12-14-15-16-17(12)10-3-4-10/h9-10,18H,2-8H2,1H3,(H,13,19). The first-order chi connectivity index (χ1) is 9.74. The average Bonchev–Trinajstić information content (AvgIpc) is 3.20. The number of aromatic nitrogens is 4. The van der Waals surface area contributed by atoms with Gasteiger partial charge < -0.3 is 10.4 Å². The molecule has 1 aliphatic carbocycles. The molecule has 1 amide bonds. The van der Waals surface area contributed by atoms with Crippen molar-refractivity contribution >= 4 is 17.7 Å². The zero-order chi connectivity index (χ0) is 14.4. The van der Waals surface area contributed by atoms with Crippen molar-refractivity contribution in [2.45, 2.75) is 43.8 Å². The number of nitrogens with zero attached hydrogens (tertiary/aromatic N) is 4. The summed E-state index contributed by atoms with van der Waals surface area (Å²) in [7, 11) is 0. The van der Waals surface area contributed by atoms with Crippen molar-refractivity contribution < 1.29 is 9.90 Å². The highest BCUT2D eigenvalue weighted by atomic mass is 32.2. The Bertz CT molecular complexity index is 435. The lowest BCUT2D eigenvalue weighted by atomic mass is 10.0. The maximum absolute atomic E-state index is 11.8. The second kappa shape index (κ2) is 7.58. The number of nitrogens with one attached hydrogen (secondary N) is 1. The van der Waals surface area contributed by atoms with Crippen LogP contribution in [0.1, 0.15) is 38.6 Å². The SMILES string of the molecule is CCC(CCO)CNC(=O)CSc1nnnn1C1CC1. The highest BCUT2D eigenvalue weighted by molar-refractivity contribution is 7.99. The lowest BCUT2D eigenvalue weighted by Crippen LogP contribution is -2.30. The van der Waals surface area contributed by atoms with Crippen molar-refractivity contribution in [3.05, 3.63) is 0 Å². The molecule has 2 N–H and O–H groups in total. The third-order valence-corrected chi connectivity index (χ3v) is 4.32. The Hall–Kier alpha value is -1.15. The molecule has 1 heterocycles. The molecule has 1 unspecified atom stereocenters. The number of hydrogen-bond donors (Lipinski definition) is 2. The van der Waals surface area contributed by atoms with Crippen LogP contribution in [0, 0.1) is 5.92 Å². The Kier molecular flexibility index (Phi) is 5.78. The van der Waals surface area contributed by atoms with E-state index in [0.29, 0.717) is 29.4 Å². The van der Waals surface area contributed by atoms with E-state index >= 15 is 0 Å². The van der Waals surface area contributed by atoms with Crippen LogP contribution < -0.4 is 5.32 Å². The van der Waals surface area contributed by atoms with Crippen LogP contribution in [0.2, 0.25) is 0 Å². The first kappa shape index (κ1) is 15.2. The van der Waals surface area contributed by atoms with E-state index < -0.39 is 0 Å². The fraction of sp³-hybridized carbons (Fsp3) is 0.833. The predicted octanol–water partition coefficient (Wildman–Crippen LogP) is 0.625. The van der Waals surface area contributed by atoms with Crippen LogP contribution in [0.4, 0.5) is 0 Å². The van der Waals surface area contributed by atoms with E-state index in [4.69, 9.17) is 5.11 Å². The van der Waals surface area contributed by atoms with Gasteiger partial charge in [-0.05, 0) is 35.6 Å². The van der Waals surface area contributed by atoms with Gasteiger partial charge in [0, 0.05) is 13.2 Å². The molecular formula is C12H21N5O2S. The minimum atomic E-state index is -0.0169. The second-order valence-electron chi connectivity index (χ2n) is 5.02. The number of thioether (sulfide) groups is 1. The van der Waals surface area contributed by atoms with Crippen molar-refractivity contribution in [2.75, 3.05) is 18.9 Å². The van der Waals surface area contributed by atoms with E-state index in [9.17, 15) is 4.79 Å². The van der Waals surface area contributed by atoms with E-state index in [2.05, 4.69) is 27.8 Å². The van der Waals surface area contributed by atoms with Crippen LogP contribution >= 0.6 is 11.8 Å². The maximum Gasteiger partial charge on any atom is 0.230 e. The quantitative estimate of drug-likeness (QED) is 0.650. The summed E-state index contributed by atoms with van der Waals surface area (Å²) < 4.78 is 1.80. The number of aliphatic hydroxyl groups is 1. The van der Waals surface area contributed by atoms with Crippen LogP contribution in [-0.2, 0) is 4.79 Å². The van der Waals surface area contributed by atoms with Crippen LogP contribution in [0.15, 0.2) is 5.16 Å². The fourth-order valence-corrected chi connectivity index (χ4v) is 2.68. The van der Waals surface area contributed by atoms with Crippen molar-refractivity contribution in [1.29, 1.82) is 0 Å². The summed E-state index contributed by atoms with van der Waals surface area (Å²) in [5.41, 5.74) is 0. The van der Waals surface area contributed by atoms with E-state index in [0.717, 1.165) is 25.7 Å². The molecule has 0 bridgehead atoms. The van der Waals surface area contributed by atoms with Crippen molar-refractivity contribution in [3.63, 3.8) is 0 Å². The summed E-state index contributed by atoms with van der Waals surface area (Å²) >= 11 is 1.37. The molecule has 0 aromatic carbocycles. The predicted molar refractivity (Wildman–Crippen MR) is 75.3 cm³/mol. The number of hydrogen-bond acceptors (Lipinski definition) is 6. The normalized spacial score (nSPS) is 16.1. The first-order valence-corrected chi connectivity index (χ1v) is 8.01. The van der Waals surface area contributed by atoms with Crippen LogP contribution in [0.3, 0.4) is 0 Å². The summed E-state index contributed by atoms with van der Waals surface area (Å²) in [5, 5.41) is 24.1. The lowest BCUT2D eigenvalue weighted by molar-refractivity contribution is -0.118. The van der Waals surface area contributed by atoms with Gasteiger partial charge in [0.25, 0.3) is 0 Å². The van der Waals surface area contributed by atoms with E-state index in [1.807, 2.05) is 0 Å². The van der Waals surface area contributed by atoms with E-state index in [1.165, 1.54) is 11.8 Å². The van der Waals surface area contributed by atoms with Gasteiger partial charge in [0.2, 0.25) is 11.1 Å². The molecule has 0 spiro atoms. The number of carbonyl (C=O) groups excluding carboxylic acids is 1. The molecule has 0 radical (unpaired) electrons. The van der Waals surface area contributed by atoms with Gasteiger partial charge in [-0.1, -0.05) is 25.1 Å². The Morgan fingerprint density at radius 1 is 1.60 bits per heavy atom. The summed E-state index contributed by atoms with van der Waals surface area (Å²) in [5.74, 6) is 0.644. The monoisotopic (exact) mass is 299 g/mol. The summed E-state index contributed by atoms with van der Waals surface area (Å²) in [6.07, 6.45) is 3.91. The number of aliphatic hydroxyl groups excluding tert-OH is 1. The minimum absolute atomic E-state index is 0.0169. The Labute approximate surface area is 122 Å². The highest BCUT2D eigenvalue weighted by Gasteiger charge is 2.28. The smallest absolute Gasteiger partial charge is 0.230 e. The largest absolute Gasteiger partial charge is 0.396 e. The molecule has 2 rings (SSSR count). The van der Waals surface area contributed by atoms with Gasteiger partial charge in [-0.15, -0.1) is 5.10 Å². The summed E-state index contributed by atoms with van der Waals surface area (Å²) in [4.78, 5) is 11.8. The van der Waals surface area contributed by atoms with Crippen molar-refractivity contribution in [1.82, 2.24) is 25.5 Å². The zero-order valence-electron chi connectivity index (χ0n) is 11.7. The molecule has 1 aliphatic rings. The molecule has 1 atom stereocenters. The van der Waals surface area contributed by atoms with Gasteiger partial charge in [0.1, 0.15) is 0 Å². The molecule has 1 aromatic heterocycles. The third kappa shape index (κ3) is 4.45. The second-order valence-corrected chi connectivity index (χ2v) is 5.96. The van der Waals surface area contributed by atoms with Crippen molar-refractivity contribution in [3.8, 4) is 0 Å². The van der Waals surface area contributed by atoms with E-state index in [1.54, 1.807) is 4.68 Å².